The topological polar surface area (TPSA) is 69.3 Å². The Bertz CT molecular complexity index is 728. The van der Waals surface area contributed by atoms with Crippen LogP contribution in [0.15, 0.2) is 23.0 Å². The molecule has 1 aliphatic rings. The van der Waals surface area contributed by atoms with Gasteiger partial charge in [-0.25, -0.2) is 14.0 Å². The summed E-state index contributed by atoms with van der Waals surface area (Å²) in [7, 11) is 0. The first-order valence-corrected chi connectivity index (χ1v) is 6.55. The molecule has 0 amide bonds. The lowest BCUT2D eigenvalue weighted by Gasteiger charge is -2.31. The summed E-state index contributed by atoms with van der Waals surface area (Å²) in [6.07, 6.45) is 0. The third kappa shape index (κ3) is 1.76. The Kier molecular flexibility index (Phi) is 2.72. The van der Waals surface area contributed by atoms with E-state index in [0.29, 0.717) is 17.3 Å². The van der Waals surface area contributed by atoms with E-state index >= 15 is 0 Å². The van der Waals surface area contributed by atoms with Gasteiger partial charge in [-0.2, -0.15) is 5.10 Å². The summed E-state index contributed by atoms with van der Waals surface area (Å²) in [4.78, 5) is 12.5. The van der Waals surface area contributed by atoms with Crippen LogP contribution >= 0.6 is 0 Å². The number of hydrogen-bond donors (Lipinski definition) is 1. The monoisotopic (exact) mass is 275 g/mol. The number of aliphatic hydroxyl groups excluding tert-OH is 1. The van der Waals surface area contributed by atoms with Crippen molar-refractivity contribution in [2.45, 2.75) is 32.9 Å². The lowest BCUT2D eigenvalue weighted by molar-refractivity contribution is 0.0859. The lowest BCUT2D eigenvalue weighted by Crippen LogP contribution is -2.36. The van der Waals surface area contributed by atoms with Crippen molar-refractivity contribution in [1.82, 2.24) is 14.3 Å². The Hall–Kier alpha value is -2.08. The van der Waals surface area contributed by atoms with Crippen LogP contribution in [0, 0.1) is 6.92 Å². The molecular weight excluding hydrogens is 258 g/mol. The van der Waals surface area contributed by atoms with E-state index in [1.807, 2.05) is 39.0 Å². The molecule has 0 bridgehead atoms. The van der Waals surface area contributed by atoms with Crippen molar-refractivity contribution >= 4 is 0 Å². The molecule has 2 heterocycles. The smallest absolute Gasteiger partial charge is 0.350 e. The van der Waals surface area contributed by atoms with Crippen molar-refractivity contribution in [2.75, 3.05) is 6.61 Å². The van der Waals surface area contributed by atoms with Gasteiger partial charge in [0.25, 0.3) is 0 Å². The number of rotatable bonds is 2. The molecule has 106 valence electrons. The van der Waals surface area contributed by atoms with Crippen molar-refractivity contribution in [3.8, 4) is 11.4 Å². The largest absolute Gasteiger partial charge is 0.478 e. The molecule has 3 rings (SSSR count). The second kappa shape index (κ2) is 4.21. The number of aromatic nitrogens is 3. The molecule has 2 aromatic rings. The predicted molar refractivity (Wildman–Crippen MR) is 73.3 cm³/mol. The maximum atomic E-state index is 12.5. The number of hydrogen-bond acceptors (Lipinski definition) is 4. The van der Waals surface area contributed by atoms with Gasteiger partial charge < -0.3 is 9.84 Å². The molecule has 1 aromatic carbocycles. The molecule has 0 spiro atoms. The van der Waals surface area contributed by atoms with E-state index in [2.05, 4.69) is 5.10 Å². The number of aliphatic hydroxyl groups is 1. The SMILES string of the molecule is Cc1ccc2c(c1)-n1c(nn(CCO)c1=O)C(C)(C)O2. The quantitative estimate of drug-likeness (QED) is 0.886. The number of aryl methyl sites for hydroxylation is 1. The minimum absolute atomic E-state index is 0.127. The zero-order valence-electron chi connectivity index (χ0n) is 11.8. The van der Waals surface area contributed by atoms with E-state index < -0.39 is 5.60 Å². The van der Waals surface area contributed by atoms with E-state index in [0.717, 1.165) is 5.56 Å². The van der Waals surface area contributed by atoms with Crippen LogP contribution in [-0.4, -0.2) is 26.1 Å². The Morgan fingerprint density at radius 1 is 1.40 bits per heavy atom. The summed E-state index contributed by atoms with van der Waals surface area (Å²) < 4.78 is 8.80. The fourth-order valence-corrected chi connectivity index (χ4v) is 2.46. The number of nitrogens with zero attached hydrogens (tertiary/aromatic N) is 3. The van der Waals surface area contributed by atoms with Crippen LogP contribution in [0.4, 0.5) is 0 Å². The molecule has 6 nitrogen and oxygen atoms in total. The minimum Gasteiger partial charge on any atom is -0.478 e. The van der Waals surface area contributed by atoms with Gasteiger partial charge in [0.1, 0.15) is 5.75 Å². The second-order valence-corrected chi connectivity index (χ2v) is 5.47. The van der Waals surface area contributed by atoms with Gasteiger partial charge in [-0.15, -0.1) is 0 Å². The van der Waals surface area contributed by atoms with Gasteiger partial charge in [-0.1, -0.05) is 6.07 Å². The van der Waals surface area contributed by atoms with Crippen molar-refractivity contribution in [2.24, 2.45) is 0 Å². The van der Waals surface area contributed by atoms with Crippen LogP contribution in [0.5, 0.6) is 5.75 Å². The van der Waals surface area contributed by atoms with Gasteiger partial charge in [0.15, 0.2) is 11.4 Å². The summed E-state index contributed by atoms with van der Waals surface area (Å²) in [5.41, 5.74) is 0.799. The lowest BCUT2D eigenvalue weighted by atomic mass is 10.1. The van der Waals surface area contributed by atoms with E-state index in [9.17, 15) is 4.79 Å². The molecule has 0 radical (unpaired) electrons. The molecule has 0 atom stereocenters. The summed E-state index contributed by atoms with van der Waals surface area (Å²) in [5, 5.41) is 13.3. The first kappa shape index (κ1) is 12.9. The predicted octanol–water partition coefficient (Wildman–Crippen LogP) is 0.962. The minimum atomic E-state index is -0.692. The molecule has 0 aliphatic carbocycles. The summed E-state index contributed by atoms with van der Waals surface area (Å²) in [5.74, 6) is 1.22. The van der Waals surface area contributed by atoms with Crippen LogP contribution in [0.3, 0.4) is 0 Å². The van der Waals surface area contributed by atoms with Crippen molar-refractivity contribution in [3.05, 3.63) is 40.1 Å². The van der Waals surface area contributed by atoms with Crippen LogP contribution < -0.4 is 10.4 Å². The highest BCUT2D eigenvalue weighted by Crippen LogP contribution is 2.37. The van der Waals surface area contributed by atoms with Crippen LogP contribution in [0.1, 0.15) is 25.2 Å². The van der Waals surface area contributed by atoms with Crippen LogP contribution in [-0.2, 0) is 12.1 Å². The molecule has 1 N–H and O–H groups in total. The van der Waals surface area contributed by atoms with Gasteiger partial charge in [-0.05, 0) is 38.5 Å². The maximum Gasteiger partial charge on any atom is 0.350 e. The standard InChI is InChI=1S/C14H17N3O3/c1-9-4-5-11-10(8-9)17-12(14(2,3)20-11)15-16(6-7-18)13(17)19/h4-5,8,18H,6-7H2,1-3H3. The average molecular weight is 275 g/mol. The van der Waals surface area contributed by atoms with E-state index in [-0.39, 0.29) is 18.8 Å². The van der Waals surface area contributed by atoms with E-state index in [4.69, 9.17) is 9.84 Å². The molecule has 1 aromatic heterocycles. The normalized spacial score (nSPS) is 15.4. The van der Waals surface area contributed by atoms with Gasteiger partial charge in [0.2, 0.25) is 0 Å². The van der Waals surface area contributed by atoms with Gasteiger partial charge >= 0.3 is 5.69 Å². The zero-order valence-corrected chi connectivity index (χ0v) is 11.8. The molecule has 6 heteroatoms. The van der Waals surface area contributed by atoms with E-state index in [1.54, 1.807) is 4.57 Å². The van der Waals surface area contributed by atoms with Crippen molar-refractivity contribution in [3.63, 3.8) is 0 Å². The maximum absolute atomic E-state index is 12.5. The molecule has 0 saturated heterocycles. The zero-order chi connectivity index (χ0) is 14.5. The molecule has 20 heavy (non-hydrogen) atoms. The fourth-order valence-electron chi connectivity index (χ4n) is 2.46. The first-order valence-electron chi connectivity index (χ1n) is 6.55. The summed E-state index contributed by atoms with van der Waals surface area (Å²) in [6.45, 7) is 5.76. The molecule has 0 unspecified atom stereocenters. The Labute approximate surface area is 116 Å². The van der Waals surface area contributed by atoms with Gasteiger partial charge in [0, 0.05) is 0 Å². The first-order chi connectivity index (χ1) is 9.44. The summed E-state index contributed by atoms with van der Waals surface area (Å²) in [6, 6.07) is 5.72. The Morgan fingerprint density at radius 3 is 2.85 bits per heavy atom. The Balaban J connectivity index is 2.31. The summed E-state index contributed by atoms with van der Waals surface area (Å²) >= 11 is 0. The highest BCUT2D eigenvalue weighted by Gasteiger charge is 2.37. The second-order valence-electron chi connectivity index (χ2n) is 5.47. The average Bonchev–Trinajstić information content (AvgIpc) is 2.70. The van der Waals surface area contributed by atoms with Gasteiger partial charge in [-0.3, -0.25) is 0 Å². The van der Waals surface area contributed by atoms with E-state index in [1.165, 1.54) is 4.68 Å². The highest BCUT2D eigenvalue weighted by molar-refractivity contribution is 5.52. The van der Waals surface area contributed by atoms with Gasteiger partial charge in [0.05, 0.1) is 18.8 Å². The van der Waals surface area contributed by atoms with Crippen molar-refractivity contribution in [1.29, 1.82) is 0 Å². The fraction of sp³-hybridized carbons (Fsp3) is 0.429. The number of fused-ring (bicyclic) bond motifs is 3. The third-order valence-corrected chi connectivity index (χ3v) is 3.41. The number of benzene rings is 1. The van der Waals surface area contributed by atoms with Crippen LogP contribution in [0.25, 0.3) is 5.69 Å². The molecule has 0 saturated carbocycles. The number of ether oxygens (including phenoxy) is 1. The Morgan fingerprint density at radius 2 is 2.15 bits per heavy atom. The molecule has 1 aliphatic heterocycles. The van der Waals surface area contributed by atoms with Crippen LogP contribution in [0.2, 0.25) is 0 Å². The highest BCUT2D eigenvalue weighted by atomic mass is 16.5. The molecular formula is C14H17N3O3. The molecule has 0 fully saturated rings. The van der Waals surface area contributed by atoms with Crippen molar-refractivity contribution < 1.29 is 9.84 Å². The third-order valence-electron chi connectivity index (χ3n) is 3.41.